The number of benzene rings is 4. The lowest BCUT2D eigenvalue weighted by Crippen LogP contribution is -2.32. The minimum atomic E-state index is -2.03. The van der Waals surface area contributed by atoms with E-state index >= 15 is 0 Å². The fraction of sp³-hybridized carbons (Fsp3) is 0.138. The van der Waals surface area contributed by atoms with Gasteiger partial charge in [-0.05, 0) is 42.8 Å². The monoisotopic (exact) mass is 471 g/mol. The van der Waals surface area contributed by atoms with Crippen LogP contribution in [0, 0.1) is 0 Å². The van der Waals surface area contributed by atoms with Crippen LogP contribution in [-0.2, 0) is 9.53 Å². The zero-order chi connectivity index (χ0) is 22.9. The van der Waals surface area contributed by atoms with Crippen molar-refractivity contribution in [3.63, 3.8) is 0 Å². The summed E-state index contributed by atoms with van der Waals surface area (Å²) in [7, 11) is -1.08. The van der Waals surface area contributed by atoms with Crippen molar-refractivity contribution >= 4 is 42.4 Å². The second kappa shape index (κ2) is 11.4. The molecule has 0 aromatic heterocycles. The Morgan fingerprint density at radius 1 is 0.667 bits per heavy atom. The molecule has 166 valence electrons. The quantitative estimate of drug-likeness (QED) is 0.255. The van der Waals surface area contributed by atoms with Gasteiger partial charge < -0.3 is 4.74 Å². The van der Waals surface area contributed by atoms with Crippen LogP contribution >= 0.6 is 15.2 Å². The molecular formula is C29H29O2P2+. The highest BCUT2D eigenvalue weighted by Crippen LogP contribution is 2.58. The molecule has 0 unspecified atom stereocenters. The van der Waals surface area contributed by atoms with Crippen molar-refractivity contribution in [2.24, 2.45) is 0 Å². The van der Waals surface area contributed by atoms with E-state index in [1.807, 2.05) is 12.1 Å². The lowest BCUT2D eigenvalue weighted by atomic mass is 10.4. The van der Waals surface area contributed by atoms with Crippen molar-refractivity contribution in [1.29, 1.82) is 0 Å². The topological polar surface area (TPSA) is 26.3 Å². The Hall–Kier alpha value is -2.79. The highest BCUT2D eigenvalue weighted by molar-refractivity contribution is 7.90. The molecule has 4 aromatic rings. The van der Waals surface area contributed by atoms with Gasteiger partial charge in [0.1, 0.15) is 0 Å². The zero-order valence-electron chi connectivity index (χ0n) is 18.9. The van der Waals surface area contributed by atoms with E-state index in [4.69, 9.17) is 4.74 Å². The molecule has 0 bridgehead atoms. The lowest BCUT2D eigenvalue weighted by molar-refractivity contribution is -0.137. The fourth-order valence-corrected chi connectivity index (χ4v) is 11.7. The molecule has 4 rings (SSSR count). The minimum Gasteiger partial charge on any atom is -0.466 e. The first kappa shape index (κ1) is 23.4. The Balaban J connectivity index is 1.79. The van der Waals surface area contributed by atoms with Crippen LogP contribution in [0.15, 0.2) is 121 Å². The van der Waals surface area contributed by atoms with Crippen LogP contribution < -0.4 is 21.2 Å². The maximum absolute atomic E-state index is 12.8. The van der Waals surface area contributed by atoms with Crippen molar-refractivity contribution in [3.8, 4) is 0 Å². The Morgan fingerprint density at radius 2 is 1.06 bits per heavy atom. The molecule has 0 aliphatic heterocycles. The van der Waals surface area contributed by atoms with Gasteiger partial charge in [-0.25, -0.2) is 4.79 Å². The van der Waals surface area contributed by atoms with E-state index in [-0.39, 0.29) is 5.97 Å². The predicted octanol–water partition coefficient (Wildman–Crippen LogP) is 4.96. The van der Waals surface area contributed by atoms with Gasteiger partial charge in [0, 0.05) is 6.16 Å². The van der Waals surface area contributed by atoms with Gasteiger partial charge in [0.05, 0.1) is 31.1 Å². The van der Waals surface area contributed by atoms with E-state index in [0.29, 0.717) is 6.16 Å². The molecule has 0 atom stereocenters. The molecule has 33 heavy (non-hydrogen) atoms. The van der Waals surface area contributed by atoms with Crippen molar-refractivity contribution in [3.05, 3.63) is 121 Å². The Labute approximate surface area is 198 Å². The average Bonchev–Trinajstić information content (AvgIpc) is 2.90. The first-order valence-corrected chi connectivity index (χ1v) is 14.8. The minimum absolute atomic E-state index is 0.139. The number of carbonyl (C=O) groups excluding carboxylic acids is 1. The van der Waals surface area contributed by atoms with Crippen molar-refractivity contribution in [2.75, 3.05) is 25.6 Å². The molecule has 0 spiro atoms. The van der Waals surface area contributed by atoms with Crippen LogP contribution in [0.1, 0.15) is 0 Å². The molecule has 0 saturated heterocycles. The summed E-state index contributed by atoms with van der Waals surface area (Å²) in [6.07, 6.45) is 2.38. The summed E-state index contributed by atoms with van der Waals surface area (Å²) in [5.74, 6) is -0.139. The normalized spacial score (nSPS) is 11.3. The van der Waals surface area contributed by atoms with Crippen LogP contribution in [0.25, 0.3) is 0 Å². The summed E-state index contributed by atoms with van der Waals surface area (Å²) in [6, 6.07) is 42.8. The third kappa shape index (κ3) is 5.59. The smallest absolute Gasteiger partial charge is 0.344 e. The fourth-order valence-electron chi connectivity index (χ4n) is 4.27. The lowest BCUT2D eigenvalue weighted by Gasteiger charge is -2.29. The summed E-state index contributed by atoms with van der Waals surface area (Å²) in [6.45, 7) is 0. The number of ether oxygens (including phenoxy) is 1. The summed E-state index contributed by atoms with van der Waals surface area (Å²) in [4.78, 5) is 12.8. The van der Waals surface area contributed by atoms with Crippen LogP contribution in [0.5, 0.6) is 0 Å². The van der Waals surface area contributed by atoms with Crippen molar-refractivity contribution < 1.29 is 9.53 Å². The molecule has 0 aliphatic carbocycles. The van der Waals surface area contributed by atoms with Gasteiger partial charge in [0.2, 0.25) is 0 Å². The second-order valence-corrected chi connectivity index (χ2v) is 14.0. The number of methoxy groups -OCH3 is 1. The summed E-state index contributed by atoms with van der Waals surface area (Å²) < 4.78 is 5.22. The number of hydrogen-bond acceptors (Lipinski definition) is 2. The van der Waals surface area contributed by atoms with Gasteiger partial charge >= 0.3 is 5.97 Å². The van der Waals surface area contributed by atoms with E-state index in [2.05, 4.69) is 109 Å². The Kier molecular flexibility index (Phi) is 8.05. The Morgan fingerprint density at radius 3 is 1.45 bits per heavy atom. The van der Waals surface area contributed by atoms with Gasteiger partial charge in [-0.3, -0.25) is 0 Å². The largest absolute Gasteiger partial charge is 0.466 e. The average molecular weight is 471 g/mol. The van der Waals surface area contributed by atoms with Gasteiger partial charge in [0.15, 0.2) is 6.16 Å². The number of carbonyl (C=O) groups is 1. The molecule has 4 aromatic carbocycles. The number of hydrogen-bond donors (Lipinski definition) is 0. The first-order valence-electron chi connectivity index (χ1n) is 11.2. The summed E-state index contributed by atoms with van der Waals surface area (Å²) in [5, 5.41) is 5.27. The van der Waals surface area contributed by atoms with Gasteiger partial charge in [0.25, 0.3) is 0 Å². The molecule has 0 fully saturated rings. The molecule has 0 N–H and O–H groups in total. The summed E-state index contributed by atoms with van der Waals surface area (Å²) in [5.41, 5.74) is 0. The van der Waals surface area contributed by atoms with Crippen LogP contribution in [0.4, 0.5) is 0 Å². The first-order chi connectivity index (χ1) is 16.2. The van der Waals surface area contributed by atoms with Crippen molar-refractivity contribution in [1.82, 2.24) is 0 Å². The third-order valence-corrected chi connectivity index (χ3v) is 13.2. The molecular weight excluding hydrogens is 442 g/mol. The molecule has 0 heterocycles. The number of esters is 1. The molecule has 0 saturated carbocycles. The molecule has 2 nitrogen and oxygen atoms in total. The molecule has 0 amide bonds. The van der Waals surface area contributed by atoms with E-state index in [0.717, 1.165) is 12.3 Å². The van der Waals surface area contributed by atoms with E-state index in [1.54, 1.807) is 0 Å². The summed E-state index contributed by atoms with van der Waals surface area (Å²) >= 11 is 0. The highest BCUT2D eigenvalue weighted by atomic mass is 31.2. The second-order valence-electron chi connectivity index (χ2n) is 7.92. The van der Waals surface area contributed by atoms with E-state index in [1.165, 1.54) is 28.3 Å². The van der Waals surface area contributed by atoms with Crippen LogP contribution in [0.2, 0.25) is 0 Å². The van der Waals surface area contributed by atoms with E-state index < -0.39 is 15.2 Å². The third-order valence-electron chi connectivity index (χ3n) is 5.97. The molecule has 4 heteroatoms. The maximum atomic E-state index is 12.8. The maximum Gasteiger partial charge on any atom is 0.344 e. The zero-order valence-corrected chi connectivity index (χ0v) is 20.7. The highest BCUT2D eigenvalue weighted by Gasteiger charge is 2.45. The van der Waals surface area contributed by atoms with Gasteiger partial charge in [-0.2, -0.15) is 0 Å². The van der Waals surface area contributed by atoms with Gasteiger partial charge in [-0.1, -0.05) is 97.1 Å². The van der Waals surface area contributed by atoms with Gasteiger partial charge in [-0.15, -0.1) is 0 Å². The molecule has 0 aliphatic rings. The standard InChI is InChI=1S/C29H29O2P2/c1-31-29(30)24-33(27-18-10-4-11-19-27,28-20-12-5-13-21-28)23-22-32(25-14-6-2-7-15-25)26-16-8-3-9-17-26/h2-21H,22-24H2,1H3/q+1. The number of rotatable bonds is 9. The predicted molar refractivity (Wildman–Crippen MR) is 145 cm³/mol. The SMILES string of the molecule is COC(=O)C[P+](CCP(c1ccccc1)c1ccccc1)(c1ccccc1)c1ccccc1. The Bertz CT molecular complexity index is 1050. The van der Waals surface area contributed by atoms with Crippen LogP contribution in [-0.4, -0.2) is 31.6 Å². The van der Waals surface area contributed by atoms with Crippen molar-refractivity contribution in [2.45, 2.75) is 0 Å². The molecule has 0 radical (unpaired) electrons. The van der Waals surface area contributed by atoms with E-state index in [9.17, 15) is 4.79 Å². The van der Waals surface area contributed by atoms with Crippen LogP contribution in [0.3, 0.4) is 0 Å².